The molecular weight excluding hydrogens is 320 g/mol. The Morgan fingerprint density at radius 1 is 1.17 bits per heavy atom. The molecule has 0 aliphatic carbocycles. The van der Waals surface area contributed by atoms with Gasteiger partial charge in [-0.2, -0.15) is 0 Å². The molecule has 0 aliphatic rings. The van der Waals surface area contributed by atoms with E-state index in [4.69, 9.17) is 4.74 Å². The number of pyridine rings is 1. The van der Waals surface area contributed by atoms with Crippen LogP contribution in [0, 0.1) is 0 Å². The summed E-state index contributed by atoms with van der Waals surface area (Å²) in [5.41, 5.74) is 2.44. The van der Waals surface area contributed by atoms with Crippen LogP contribution in [0.3, 0.4) is 0 Å². The summed E-state index contributed by atoms with van der Waals surface area (Å²) < 4.78 is 5.15. The number of carbonyl (C=O) groups excluding carboxylic acids is 1. The van der Waals surface area contributed by atoms with Crippen molar-refractivity contribution in [3.05, 3.63) is 59.9 Å². The first-order valence-corrected chi connectivity index (χ1v) is 9.22. The van der Waals surface area contributed by atoms with E-state index in [1.165, 1.54) is 11.1 Å². The smallest absolute Gasteiger partial charge is 0.230 e. The van der Waals surface area contributed by atoms with Crippen molar-refractivity contribution in [1.29, 1.82) is 0 Å². The number of aromatic nitrogens is 1. The van der Waals surface area contributed by atoms with Gasteiger partial charge in [-0.15, -0.1) is 11.8 Å². The third kappa shape index (κ3) is 6.62. The van der Waals surface area contributed by atoms with Crippen LogP contribution in [-0.2, 0) is 17.0 Å². The average molecular weight is 344 g/mol. The number of ether oxygens (including phenoxy) is 1. The third-order valence-corrected chi connectivity index (χ3v) is 4.69. The van der Waals surface area contributed by atoms with E-state index in [0.717, 1.165) is 24.3 Å². The zero-order chi connectivity index (χ0) is 17.2. The Morgan fingerprint density at radius 2 is 1.88 bits per heavy atom. The monoisotopic (exact) mass is 344 g/mol. The van der Waals surface area contributed by atoms with Crippen molar-refractivity contribution in [2.45, 2.75) is 31.6 Å². The minimum Gasteiger partial charge on any atom is -0.497 e. The molecule has 1 atom stereocenters. The molecule has 1 N–H and O–H groups in total. The summed E-state index contributed by atoms with van der Waals surface area (Å²) in [7, 11) is 1.67. The van der Waals surface area contributed by atoms with Gasteiger partial charge in [-0.25, -0.2) is 0 Å². The molecule has 0 saturated carbocycles. The molecule has 1 unspecified atom stereocenters. The Labute approximate surface area is 148 Å². The quantitative estimate of drug-likeness (QED) is 0.757. The van der Waals surface area contributed by atoms with Crippen LogP contribution in [0.1, 0.15) is 24.5 Å². The lowest BCUT2D eigenvalue weighted by Crippen LogP contribution is -2.34. The lowest BCUT2D eigenvalue weighted by atomic mass is 10.1. The molecule has 128 valence electrons. The molecule has 4 nitrogen and oxygen atoms in total. The minimum atomic E-state index is 0.0938. The summed E-state index contributed by atoms with van der Waals surface area (Å²) in [6.07, 6.45) is 5.41. The van der Waals surface area contributed by atoms with Gasteiger partial charge < -0.3 is 10.1 Å². The number of nitrogens with one attached hydrogen (secondary N) is 1. The summed E-state index contributed by atoms with van der Waals surface area (Å²) in [5, 5.41) is 3.06. The van der Waals surface area contributed by atoms with E-state index in [1.807, 2.05) is 24.3 Å². The highest BCUT2D eigenvalue weighted by molar-refractivity contribution is 7.99. The number of benzene rings is 1. The number of thioether (sulfide) groups is 1. The van der Waals surface area contributed by atoms with Gasteiger partial charge in [0, 0.05) is 24.2 Å². The van der Waals surface area contributed by atoms with Crippen LogP contribution in [0.25, 0.3) is 0 Å². The van der Waals surface area contributed by atoms with Crippen molar-refractivity contribution < 1.29 is 9.53 Å². The van der Waals surface area contributed by atoms with Crippen LogP contribution < -0.4 is 10.1 Å². The van der Waals surface area contributed by atoms with Crippen LogP contribution in [0.15, 0.2) is 48.8 Å². The van der Waals surface area contributed by atoms with Gasteiger partial charge in [0.25, 0.3) is 0 Å². The van der Waals surface area contributed by atoms with E-state index in [9.17, 15) is 4.79 Å². The predicted molar refractivity (Wildman–Crippen MR) is 99.3 cm³/mol. The maximum atomic E-state index is 12.0. The molecular formula is C19H24N2O2S. The van der Waals surface area contributed by atoms with E-state index in [-0.39, 0.29) is 11.9 Å². The van der Waals surface area contributed by atoms with E-state index in [0.29, 0.717) is 5.75 Å². The molecule has 1 aromatic carbocycles. The molecule has 1 amide bonds. The van der Waals surface area contributed by atoms with Crippen LogP contribution in [0.5, 0.6) is 5.75 Å². The van der Waals surface area contributed by atoms with Gasteiger partial charge in [0.15, 0.2) is 0 Å². The molecule has 1 heterocycles. The molecule has 1 aromatic heterocycles. The fourth-order valence-electron chi connectivity index (χ4n) is 2.30. The van der Waals surface area contributed by atoms with Gasteiger partial charge in [0.2, 0.25) is 5.91 Å². The molecule has 2 rings (SSSR count). The number of hydrogen-bond acceptors (Lipinski definition) is 4. The van der Waals surface area contributed by atoms with Gasteiger partial charge in [-0.1, -0.05) is 12.1 Å². The van der Waals surface area contributed by atoms with Crippen molar-refractivity contribution in [1.82, 2.24) is 10.3 Å². The number of amides is 1. The number of rotatable bonds is 9. The first kappa shape index (κ1) is 18.3. The van der Waals surface area contributed by atoms with Crippen molar-refractivity contribution in [3.8, 4) is 5.75 Å². The lowest BCUT2D eigenvalue weighted by molar-refractivity contribution is -0.119. The molecule has 0 fully saturated rings. The second kappa shape index (κ2) is 9.98. The molecule has 0 bridgehead atoms. The normalized spacial score (nSPS) is 11.8. The molecule has 0 aliphatic heterocycles. The molecule has 0 radical (unpaired) electrons. The van der Waals surface area contributed by atoms with E-state index < -0.39 is 0 Å². The number of hydrogen-bond donors (Lipinski definition) is 1. The molecule has 0 saturated heterocycles. The maximum Gasteiger partial charge on any atom is 0.230 e. The second-order valence-electron chi connectivity index (χ2n) is 5.70. The van der Waals surface area contributed by atoms with Crippen molar-refractivity contribution in [3.63, 3.8) is 0 Å². The minimum absolute atomic E-state index is 0.0938. The van der Waals surface area contributed by atoms with Crippen LogP contribution in [0.2, 0.25) is 0 Å². The maximum absolute atomic E-state index is 12.0. The Morgan fingerprint density at radius 3 is 2.54 bits per heavy atom. The SMILES string of the molecule is COc1ccc(CCC(C)NC(=O)CSCc2ccncc2)cc1. The number of nitrogens with zero attached hydrogens (tertiary/aromatic N) is 1. The van der Waals surface area contributed by atoms with Gasteiger partial charge >= 0.3 is 0 Å². The van der Waals surface area contributed by atoms with E-state index in [2.05, 4.69) is 29.4 Å². The number of aryl methyl sites for hydroxylation is 1. The number of carbonyl (C=O) groups is 1. The average Bonchev–Trinajstić information content (AvgIpc) is 2.61. The summed E-state index contributed by atoms with van der Waals surface area (Å²) >= 11 is 1.62. The fourth-order valence-corrected chi connectivity index (χ4v) is 3.10. The van der Waals surface area contributed by atoms with Crippen LogP contribution in [0.4, 0.5) is 0 Å². The van der Waals surface area contributed by atoms with Crippen molar-refractivity contribution >= 4 is 17.7 Å². The van der Waals surface area contributed by atoms with Crippen LogP contribution in [-0.4, -0.2) is 29.8 Å². The number of methoxy groups -OCH3 is 1. The van der Waals surface area contributed by atoms with Gasteiger partial charge in [-0.05, 0) is 55.2 Å². The Hall–Kier alpha value is -2.01. The summed E-state index contributed by atoms with van der Waals surface area (Å²) in [6, 6.07) is 12.2. The first-order valence-electron chi connectivity index (χ1n) is 8.06. The summed E-state index contributed by atoms with van der Waals surface area (Å²) in [6.45, 7) is 2.05. The molecule has 0 spiro atoms. The second-order valence-corrected chi connectivity index (χ2v) is 6.69. The molecule has 24 heavy (non-hydrogen) atoms. The Bertz CT molecular complexity index is 617. The highest BCUT2D eigenvalue weighted by atomic mass is 32.2. The van der Waals surface area contributed by atoms with E-state index in [1.54, 1.807) is 31.3 Å². The zero-order valence-electron chi connectivity index (χ0n) is 14.2. The topological polar surface area (TPSA) is 51.2 Å². The van der Waals surface area contributed by atoms with Gasteiger partial charge in [0.1, 0.15) is 5.75 Å². The standard InChI is InChI=1S/C19H24N2O2S/c1-15(3-4-16-5-7-18(23-2)8-6-16)21-19(22)14-24-13-17-9-11-20-12-10-17/h5-12,15H,3-4,13-14H2,1-2H3,(H,21,22). The largest absolute Gasteiger partial charge is 0.497 e. The zero-order valence-corrected chi connectivity index (χ0v) is 15.0. The highest BCUT2D eigenvalue weighted by Crippen LogP contribution is 2.14. The highest BCUT2D eigenvalue weighted by Gasteiger charge is 2.08. The van der Waals surface area contributed by atoms with Gasteiger partial charge in [-0.3, -0.25) is 9.78 Å². The van der Waals surface area contributed by atoms with E-state index >= 15 is 0 Å². The summed E-state index contributed by atoms with van der Waals surface area (Å²) in [4.78, 5) is 16.0. The molecule has 5 heteroatoms. The Kier molecular flexibility index (Phi) is 7.62. The van der Waals surface area contributed by atoms with Crippen LogP contribution >= 0.6 is 11.8 Å². The predicted octanol–water partition coefficient (Wildman–Crippen LogP) is 3.46. The molecule has 2 aromatic rings. The Balaban J connectivity index is 1.63. The summed E-state index contributed by atoms with van der Waals surface area (Å²) in [5.74, 6) is 2.27. The lowest BCUT2D eigenvalue weighted by Gasteiger charge is -2.14. The van der Waals surface area contributed by atoms with Gasteiger partial charge in [0.05, 0.1) is 12.9 Å². The fraction of sp³-hybridized carbons (Fsp3) is 0.368. The van der Waals surface area contributed by atoms with Crippen molar-refractivity contribution in [2.75, 3.05) is 12.9 Å². The third-order valence-electron chi connectivity index (χ3n) is 3.68. The van der Waals surface area contributed by atoms with Crippen molar-refractivity contribution in [2.24, 2.45) is 0 Å². The first-order chi connectivity index (χ1) is 11.7.